The van der Waals surface area contributed by atoms with E-state index in [9.17, 15) is 14.0 Å². The second kappa shape index (κ2) is 5.87. The van der Waals surface area contributed by atoms with Gasteiger partial charge in [-0.1, -0.05) is 12.1 Å². The molecule has 0 amide bonds. The molecule has 0 unspecified atom stereocenters. The van der Waals surface area contributed by atoms with Crippen molar-refractivity contribution in [3.05, 3.63) is 58.4 Å². The van der Waals surface area contributed by atoms with E-state index in [0.717, 1.165) is 0 Å². The summed E-state index contributed by atoms with van der Waals surface area (Å²) < 4.78 is 23.9. The van der Waals surface area contributed by atoms with Gasteiger partial charge in [0.25, 0.3) is 0 Å². The van der Waals surface area contributed by atoms with Gasteiger partial charge < -0.3 is 15.2 Å². The van der Waals surface area contributed by atoms with Crippen molar-refractivity contribution >= 4 is 11.8 Å². The summed E-state index contributed by atoms with van der Waals surface area (Å²) in [6, 6.07) is 5.77. The van der Waals surface area contributed by atoms with Gasteiger partial charge in [0.05, 0.1) is 13.0 Å². The third kappa shape index (κ3) is 2.60. The van der Waals surface area contributed by atoms with Gasteiger partial charge in [-0.05, 0) is 24.1 Å². The van der Waals surface area contributed by atoms with E-state index < -0.39 is 17.7 Å². The molecule has 0 radical (unpaired) electrons. The molecule has 1 aliphatic carbocycles. The van der Waals surface area contributed by atoms with E-state index in [1.807, 2.05) is 0 Å². The molecule has 3 rings (SSSR count). The number of hydrogen-bond donors (Lipinski definition) is 1. The summed E-state index contributed by atoms with van der Waals surface area (Å²) in [5, 5.41) is 0. The molecule has 0 spiro atoms. The summed E-state index contributed by atoms with van der Waals surface area (Å²) in [6.45, 7) is 0. The number of carbonyl (C=O) groups is 2. The largest absolute Gasteiger partial charge is 0.465 e. The summed E-state index contributed by atoms with van der Waals surface area (Å²) in [5.74, 6) is -1.67. The molecule has 0 aromatic heterocycles. The second-order valence-corrected chi connectivity index (χ2v) is 5.47. The van der Waals surface area contributed by atoms with Crippen LogP contribution in [0.4, 0.5) is 4.39 Å². The number of halogens is 1. The van der Waals surface area contributed by atoms with Gasteiger partial charge in [-0.3, -0.25) is 4.79 Å². The van der Waals surface area contributed by atoms with Crippen LogP contribution in [-0.4, -0.2) is 18.9 Å². The number of nitrogens with two attached hydrogens (primary N) is 1. The first-order valence-electron chi connectivity index (χ1n) is 7.30. The molecule has 1 aromatic carbocycles. The van der Waals surface area contributed by atoms with Crippen molar-refractivity contribution < 1.29 is 23.5 Å². The molecule has 0 bridgehead atoms. The maximum Gasteiger partial charge on any atom is 0.340 e. The average molecular weight is 317 g/mol. The highest BCUT2D eigenvalue weighted by molar-refractivity contribution is 6.03. The third-order valence-electron chi connectivity index (χ3n) is 4.07. The molecule has 0 fully saturated rings. The fraction of sp³-hybridized carbons (Fsp3) is 0.294. The molecule has 1 heterocycles. The van der Waals surface area contributed by atoms with Gasteiger partial charge in [0, 0.05) is 18.4 Å². The predicted molar refractivity (Wildman–Crippen MR) is 79.3 cm³/mol. The highest BCUT2D eigenvalue weighted by Gasteiger charge is 2.41. The van der Waals surface area contributed by atoms with Crippen LogP contribution in [0.25, 0.3) is 0 Å². The van der Waals surface area contributed by atoms with Crippen molar-refractivity contribution in [2.45, 2.75) is 25.2 Å². The molecule has 1 aliphatic heterocycles. The van der Waals surface area contributed by atoms with Gasteiger partial charge in [-0.25, -0.2) is 9.18 Å². The molecule has 23 heavy (non-hydrogen) atoms. The van der Waals surface area contributed by atoms with Crippen LogP contribution in [0, 0.1) is 5.82 Å². The maximum atomic E-state index is 13.7. The number of ether oxygens (including phenoxy) is 2. The lowest BCUT2D eigenvalue weighted by molar-refractivity contribution is -0.136. The van der Waals surface area contributed by atoms with E-state index in [1.165, 1.54) is 25.3 Å². The Kier molecular flexibility index (Phi) is 3.90. The smallest absolute Gasteiger partial charge is 0.340 e. The Labute approximate surface area is 132 Å². The minimum Gasteiger partial charge on any atom is -0.465 e. The lowest BCUT2D eigenvalue weighted by Gasteiger charge is -2.32. The van der Waals surface area contributed by atoms with Crippen LogP contribution in [0.2, 0.25) is 0 Å². The Balaban J connectivity index is 2.20. The number of benzene rings is 1. The molecule has 120 valence electrons. The topological polar surface area (TPSA) is 78.6 Å². The molecule has 2 aliphatic rings. The average Bonchev–Trinajstić information content (AvgIpc) is 2.53. The zero-order valence-electron chi connectivity index (χ0n) is 12.6. The van der Waals surface area contributed by atoms with E-state index in [-0.39, 0.29) is 17.2 Å². The number of hydrogen-bond acceptors (Lipinski definition) is 5. The van der Waals surface area contributed by atoms with Crippen molar-refractivity contribution in [3.8, 4) is 0 Å². The zero-order chi connectivity index (χ0) is 16.6. The van der Waals surface area contributed by atoms with Crippen LogP contribution in [0.5, 0.6) is 0 Å². The lowest BCUT2D eigenvalue weighted by Crippen LogP contribution is -2.31. The Bertz CT molecular complexity index is 751. The van der Waals surface area contributed by atoms with Gasteiger partial charge >= 0.3 is 5.97 Å². The summed E-state index contributed by atoms with van der Waals surface area (Å²) in [7, 11) is 1.22. The number of ketones is 1. The molecule has 1 atom stereocenters. The van der Waals surface area contributed by atoms with Gasteiger partial charge in [-0.2, -0.15) is 0 Å². The minimum absolute atomic E-state index is 0.0344. The van der Waals surface area contributed by atoms with Crippen LogP contribution < -0.4 is 5.73 Å². The molecular weight excluding hydrogens is 301 g/mol. The highest BCUT2D eigenvalue weighted by atomic mass is 19.1. The summed E-state index contributed by atoms with van der Waals surface area (Å²) in [5.41, 5.74) is 6.77. The fourth-order valence-electron chi connectivity index (χ4n) is 3.08. The zero-order valence-corrected chi connectivity index (χ0v) is 12.6. The Morgan fingerprint density at radius 2 is 2.17 bits per heavy atom. The second-order valence-electron chi connectivity index (χ2n) is 5.47. The lowest BCUT2D eigenvalue weighted by atomic mass is 9.77. The van der Waals surface area contributed by atoms with Gasteiger partial charge in [-0.15, -0.1) is 0 Å². The van der Waals surface area contributed by atoms with Crippen molar-refractivity contribution in [1.82, 2.24) is 0 Å². The molecule has 1 aromatic rings. The number of esters is 1. The normalized spacial score (nSPS) is 21.0. The first-order valence-corrected chi connectivity index (χ1v) is 7.30. The first-order chi connectivity index (χ1) is 11.0. The Morgan fingerprint density at radius 3 is 2.87 bits per heavy atom. The molecule has 0 saturated carbocycles. The van der Waals surface area contributed by atoms with E-state index in [2.05, 4.69) is 0 Å². The summed E-state index contributed by atoms with van der Waals surface area (Å²) >= 11 is 0. The van der Waals surface area contributed by atoms with Crippen LogP contribution in [0.1, 0.15) is 30.7 Å². The van der Waals surface area contributed by atoms with E-state index in [1.54, 1.807) is 6.07 Å². The third-order valence-corrected chi connectivity index (χ3v) is 4.07. The highest BCUT2D eigenvalue weighted by Crippen LogP contribution is 2.43. The fourth-order valence-corrected chi connectivity index (χ4v) is 3.08. The number of Topliss-reactive ketones (excluding diaryl/α,β-unsaturated/α-hetero) is 1. The van der Waals surface area contributed by atoms with Crippen LogP contribution in [0.3, 0.4) is 0 Å². The van der Waals surface area contributed by atoms with Crippen molar-refractivity contribution in [2.75, 3.05) is 7.11 Å². The van der Waals surface area contributed by atoms with Gasteiger partial charge in [0.1, 0.15) is 17.1 Å². The monoisotopic (exact) mass is 317 g/mol. The molecule has 5 nitrogen and oxygen atoms in total. The molecular formula is C17H16FNO4. The standard InChI is InChI=1S/C17H16FNO4/c1-22-17(21)15-13(9-4-2-5-10(18)8-9)14-11(20)6-3-7-12(14)23-16(15)19/h2,4-5,8,13H,3,6-7,19H2,1H3/t13-/m1/s1. The Hall–Kier alpha value is -2.63. The van der Waals surface area contributed by atoms with Crippen LogP contribution >= 0.6 is 0 Å². The molecule has 0 saturated heterocycles. The number of rotatable bonds is 2. The molecule has 6 heteroatoms. The first kappa shape index (κ1) is 15.3. The molecule has 2 N–H and O–H groups in total. The minimum atomic E-state index is -0.769. The maximum absolute atomic E-state index is 13.7. The van der Waals surface area contributed by atoms with Crippen LogP contribution in [-0.2, 0) is 19.1 Å². The number of carbonyl (C=O) groups excluding carboxylic acids is 2. The predicted octanol–water partition coefficient (Wildman–Crippen LogP) is 2.29. The van der Waals surface area contributed by atoms with Crippen LogP contribution in [0.15, 0.2) is 47.1 Å². The summed E-state index contributed by atoms with van der Waals surface area (Å²) in [4.78, 5) is 24.6. The van der Waals surface area contributed by atoms with Crippen molar-refractivity contribution in [3.63, 3.8) is 0 Å². The number of methoxy groups -OCH3 is 1. The van der Waals surface area contributed by atoms with Gasteiger partial charge in [0.2, 0.25) is 5.88 Å². The van der Waals surface area contributed by atoms with Gasteiger partial charge in [0.15, 0.2) is 5.78 Å². The SMILES string of the molecule is COC(=O)C1=C(N)OC2=C(C(=O)CCC2)[C@H]1c1cccc(F)c1. The quantitative estimate of drug-likeness (QED) is 0.847. The summed E-state index contributed by atoms with van der Waals surface area (Å²) in [6.07, 6.45) is 1.58. The van der Waals surface area contributed by atoms with E-state index in [4.69, 9.17) is 15.2 Å². The number of allylic oxidation sites excluding steroid dienone is 2. The van der Waals surface area contributed by atoms with Crippen molar-refractivity contribution in [1.29, 1.82) is 0 Å². The van der Waals surface area contributed by atoms with E-state index >= 15 is 0 Å². The van der Waals surface area contributed by atoms with Crippen molar-refractivity contribution in [2.24, 2.45) is 5.73 Å². The van der Waals surface area contributed by atoms with E-state index in [0.29, 0.717) is 36.2 Å². The Morgan fingerprint density at radius 1 is 1.39 bits per heavy atom.